The molecule has 0 nitrogen and oxygen atoms in total. The van der Waals surface area contributed by atoms with Crippen LogP contribution in [0.1, 0.15) is 20.3 Å². The van der Waals surface area contributed by atoms with Crippen LogP contribution in [0, 0.1) is 5.92 Å². The fourth-order valence-electron chi connectivity index (χ4n) is 1.85. The second-order valence-corrected chi connectivity index (χ2v) is 9.68. The summed E-state index contributed by atoms with van der Waals surface area (Å²) in [4.78, 5) is 0. The maximum Gasteiger partial charge on any atom is 0.0504 e. The molecule has 1 unspecified atom stereocenters. The quantitative estimate of drug-likeness (QED) is 0.456. The zero-order valence-electron chi connectivity index (χ0n) is 7.07. The van der Waals surface area contributed by atoms with E-state index in [4.69, 9.17) is 0 Å². The van der Waals surface area contributed by atoms with Gasteiger partial charge in [0.15, 0.2) is 0 Å². The van der Waals surface area contributed by atoms with Gasteiger partial charge in [-0.25, -0.2) is 0 Å². The van der Waals surface area contributed by atoms with Gasteiger partial charge in [-0.15, -0.1) is 0 Å². The van der Waals surface area contributed by atoms with Crippen LogP contribution in [-0.4, -0.2) is 8.07 Å². The molecule has 1 heteroatoms. The third kappa shape index (κ3) is 1.21. The molecule has 0 aromatic heterocycles. The van der Waals surface area contributed by atoms with Gasteiger partial charge in [0.05, 0.1) is 8.07 Å². The summed E-state index contributed by atoms with van der Waals surface area (Å²) in [5, 5.41) is 0. The Hall–Kier alpha value is 0.217. The molecule has 0 radical (unpaired) electrons. The van der Waals surface area contributed by atoms with Gasteiger partial charge < -0.3 is 0 Å². The second kappa shape index (κ2) is 2.12. The van der Waals surface area contributed by atoms with Crippen LogP contribution in [0.2, 0.25) is 24.7 Å². The van der Waals surface area contributed by atoms with E-state index >= 15 is 0 Å². The van der Waals surface area contributed by atoms with Crippen molar-refractivity contribution in [2.75, 3.05) is 0 Å². The molecule has 0 N–H and O–H groups in total. The zero-order chi connectivity index (χ0) is 7.07. The van der Waals surface area contributed by atoms with E-state index < -0.39 is 8.07 Å². The van der Waals surface area contributed by atoms with E-state index in [1.165, 1.54) is 6.42 Å². The summed E-state index contributed by atoms with van der Waals surface area (Å²) in [7, 11) is -0.707. The van der Waals surface area contributed by atoms with Crippen LogP contribution in [0.3, 0.4) is 0 Å². The average molecular weight is 142 g/mol. The van der Waals surface area contributed by atoms with Crippen molar-refractivity contribution >= 4 is 8.07 Å². The maximum atomic E-state index is 2.53. The van der Waals surface area contributed by atoms with E-state index in [0.717, 1.165) is 11.5 Å². The summed E-state index contributed by atoms with van der Waals surface area (Å²) in [6, 6.07) is 1.56. The topological polar surface area (TPSA) is 0 Å². The monoisotopic (exact) mass is 142 g/mol. The van der Waals surface area contributed by atoms with Crippen LogP contribution in [0.4, 0.5) is 0 Å². The second-order valence-electron chi connectivity index (χ2n) is 4.29. The van der Waals surface area contributed by atoms with Crippen LogP contribution in [0.15, 0.2) is 0 Å². The van der Waals surface area contributed by atoms with Crippen molar-refractivity contribution in [3.05, 3.63) is 0 Å². The van der Waals surface area contributed by atoms with Crippen LogP contribution < -0.4 is 0 Å². The first kappa shape index (κ1) is 7.33. The van der Waals surface area contributed by atoms with E-state index in [2.05, 4.69) is 26.9 Å². The number of hydrogen-bond acceptors (Lipinski definition) is 0. The molecule has 0 aliphatic carbocycles. The first-order chi connectivity index (χ1) is 4.04. The highest BCUT2D eigenvalue weighted by molar-refractivity contribution is 6.79. The molecular weight excluding hydrogens is 124 g/mol. The molecule has 0 aromatic carbocycles. The highest BCUT2D eigenvalue weighted by atomic mass is 28.3. The predicted molar refractivity (Wildman–Crippen MR) is 45.5 cm³/mol. The minimum atomic E-state index is -0.707. The summed E-state index contributed by atoms with van der Waals surface area (Å²) in [5.41, 5.74) is 1.07. The largest absolute Gasteiger partial charge is 0.0691 e. The molecule has 9 heavy (non-hydrogen) atoms. The zero-order valence-corrected chi connectivity index (χ0v) is 8.07. The van der Waals surface area contributed by atoms with E-state index in [1.54, 1.807) is 6.04 Å². The van der Waals surface area contributed by atoms with Crippen molar-refractivity contribution in [2.24, 2.45) is 5.92 Å². The Balaban J connectivity index is 2.62. The molecule has 0 saturated carbocycles. The molecule has 0 aromatic rings. The Bertz CT molecular complexity index is 107. The van der Waals surface area contributed by atoms with Crippen LogP contribution in [0.5, 0.6) is 0 Å². The first-order valence-electron chi connectivity index (χ1n) is 4.04. The lowest BCUT2D eigenvalue weighted by Crippen LogP contribution is -2.26. The van der Waals surface area contributed by atoms with Crippen molar-refractivity contribution in [1.29, 1.82) is 0 Å². The van der Waals surface area contributed by atoms with E-state index in [-0.39, 0.29) is 0 Å². The Morgan fingerprint density at radius 1 is 1.22 bits per heavy atom. The van der Waals surface area contributed by atoms with Gasteiger partial charge in [-0.3, -0.25) is 0 Å². The third-order valence-corrected chi connectivity index (χ3v) is 7.94. The minimum absolute atomic E-state index is 0.707. The molecule has 1 aliphatic rings. The molecule has 1 rings (SSSR count). The van der Waals surface area contributed by atoms with Gasteiger partial charge in [-0.2, -0.15) is 0 Å². The number of hydrogen-bond donors (Lipinski definition) is 0. The molecule has 1 fully saturated rings. The summed E-state index contributed by atoms with van der Waals surface area (Å²) < 4.78 is 0. The van der Waals surface area contributed by atoms with E-state index in [0.29, 0.717) is 0 Å². The molecule has 1 aliphatic heterocycles. The Kier molecular flexibility index (Phi) is 1.72. The van der Waals surface area contributed by atoms with E-state index in [9.17, 15) is 0 Å². The lowest BCUT2D eigenvalue weighted by Gasteiger charge is -2.22. The highest BCUT2D eigenvalue weighted by Crippen LogP contribution is 2.43. The van der Waals surface area contributed by atoms with Gasteiger partial charge >= 0.3 is 0 Å². The van der Waals surface area contributed by atoms with Crippen molar-refractivity contribution in [3.8, 4) is 0 Å². The van der Waals surface area contributed by atoms with Gasteiger partial charge in [0, 0.05) is 0 Å². The van der Waals surface area contributed by atoms with Crippen molar-refractivity contribution < 1.29 is 0 Å². The van der Waals surface area contributed by atoms with Gasteiger partial charge in [0.25, 0.3) is 0 Å². The van der Waals surface area contributed by atoms with Gasteiger partial charge in [0.2, 0.25) is 0 Å². The van der Waals surface area contributed by atoms with Gasteiger partial charge in [-0.1, -0.05) is 39.4 Å². The lowest BCUT2D eigenvalue weighted by molar-refractivity contribution is 0.575. The molecular formula is C8H18Si. The standard InChI is InChI=1S/C8H18Si/c1-7-5-6-9(3,4)8(7)2/h7-8H,5-6H2,1-4H3/t7?,8-/m1/s1. The van der Waals surface area contributed by atoms with Crippen LogP contribution >= 0.6 is 0 Å². The number of rotatable bonds is 0. The van der Waals surface area contributed by atoms with Crippen molar-refractivity contribution in [3.63, 3.8) is 0 Å². The third-order valence-electron chi connectivity index (χ3n) is 3.33. The molecule has 54 valence electrons. The lowest BCUT2D eigenvalue weighted by atomic mass is 10.1. The Morgan fingerprint density at radius 2 is 1.78 bits per heavy atom. The summed E-state index contributed by atoms with van der Waals surface area (Å²) in [6.07, 6.45) is 1.50. The smallest absolute Gasteiger partial charge is 0.0504 e. The molecule has 0 bridgehead atoms. The maximum absolute atomic E-state index is 2.53. The van der Waals surface area contributed by atoms with Crippen LogP contribution in [-0.2, 0) is 0 Å². The summed E-state index contributed by atoms with van der Waals surface area (Å²) in [6.45, 7) is 9.92. The van der Waals surface area contributed by atoms with E-state index in [1.807, 2.05) is 0 Å². The predicted octanol–water partition coefficient (Wildman–Crippen LogP) is 3.12. The first-order valence-corrected chi connectivity index (χ1v) is 7.32. The molecule has 1 saturated heterocycles. The SMILES string of the molecule is CC1CC[Si](C)(C)[C@@H]1C. The molecule has 0 spiro atoms. The fraction of sp³-hybridized carbons (Fsp3) is 1.00. The highest BCUT2D eigenvalue weighted by Gasteiger charge is 2.37. The fourth-order valence-corrected chi connectivity index (χ4v) is 5.21. The van der Waals surface area contributed by atoms with Crippen molar-refractivity contribution in [1.82, 2.24) is 0 Å². The summed E-state index contributed by atoms with van der Waals surface area (Å²) in [5.74, 6) is 1.02. The normalized spacial score (nSPS) is 41.3. The molecule has 0 amide bonds. The van der Waals surface area contributed by atoms with Crippen molar-refractivity contribution in [2.45, 2.75) is 44.9 Å². The van der Waals surface area contributed by atoms with Gasteiger partial charge in [0.1, 0.15) is 0 Å². The Morgan fingerprint density at radius 3 is 1.89 bits per heavy atom. The van der Waals surface area contributed by atoms with Crippen LogP contribution in [0.25, 0.3) is 0 Å². The molecule has 2 atom stereocenters. The minimum Gasteiger partial charge on any atom is -0.0691 e. The average Bonchev–Trinajstić information content (AvgIpc) is 1.97. The summed E-state index contributed by atoms with van der Waals surface area (Å²) >= 11 is 0. The molecule has 1 heterocycles. The Labute approximate surface area is 59.7 Å². The van der Waals surface area contributed by atoms with Gasteiger partial charge in [-0.05, 0) is 11.5 Å².